The van der Waals surface area contributed by atoms with E-state index < -0.39 is 0 Å². The number of aryl methyl sites for hydroxylation is 1. The maximum absolute atomic E-state index is 5.83. The summed E-state index contributed by atoms with van der Waals surface area (Å²) in [6, 6.07) is 10.2. The van der Waals surface area contributed by atoms with Gasteiger partial charge < -0.3 is 4.42 Å². The van der Waals surface area contributed by atoms with Crippen molar-refractivity contribution in [3.05, 3.63) is 47.7 Å². The third kappa shape index (κ3) is 1.24. The molecule has 2 aromatic heterocycles. The number of hydrogen-bond acceptors (Lipinski definition) is 2. The zero-order chi connectivity index (χ0) is 11.2. The third-order valence-corrected chi connectivity index (χ3v) is 3.32. The molecule has 0 N–H and O–H groups in total. The van der Waals surface area contributed by atoms with Gasteiger partial charge in [0.1, 0.15) is 11.1 Å². The highest BCUT2D eigenvalue weighted by molar-refractivity contribution is 6.02. The van der Waals surface area contributed by atoms with Crippen LogP contribution in [0.2, 0.25) is 0 Å². The quantitative estimate of drug-likeness (QED) is 0.574. The van der Waals surface area contributed by atoms with Gasteiger partial charge in [0.2, 0.25) is 0 Å². The van der Waals surface area contributed by atoms with Crippen LogP contribution in [0.1, 0.15) is 17.7 Å². The van der Waals surface area contributed by atoms with Crippen molar-refractivity contribution in [3.8, 4) is 0 Å². The molecular formula is C15H11NO. The van der Waals surface area contributed by atoms with Crippen LogP contribution >= 0.6 is 0 Å². The van der Waals surface area contributed by atoms with E-state index in [1.807, 2.05) is 18.2 Å². The molecule has 1 aromatic carbocycles. The number of fused-ring (bicyclic) bond motifs is 4. The number of rotatable bonds is 0. The summed E-state index contributed by atoms with van der Waals surface area (Å²) in [6.07, 6.45) is 6.45. The predicted molar refractivity (Wildman–Crippen MR) is 68.9 cm³/mol. The highest BCUT2D eigenvalue weighted by Crippen LogP contribution is 2.30. The van der Waals surface area contributed by atoms with Crippen LogP contribution in [0, 0.1) is 0 Å². The maximum atomic E-state index is 5.83. The first kappa shape index (κ1) is 8.99. The van der Waals surface area contributed by atoms with Gasteiger partial charge in [0, 0.05) is 5.39 Å². The Morgan fingerprint density at radius 3 is 3.06 bits per heavy atom. The molecule has 0 unspecified atom stereocenters. The van der Waals surface area contributed by atoms with Gasteiger partial charge in [-0.2, -0.15) is 0 Å². The highest BCUT2D eigenvalue weighted by atomic mass is 16.3. The summed E-state index contributed by atoms with van der Waals surface area (Å²) in [4.78, 5) is 4.72. The number of allylic oxidation sites excluding steroid dienone is 1. The lowest BCUT2D eigenvalue weighted by molar-refractivity contribution is 0.667. The number of hydrogen-bond donors (Lipinski definition) is 0. The topological polar surface area (TPSA) is 26.0 Å². The molecule has 4 rings (SSSR count). The summed E-state index contributed by atoms with van der Waals surface area (Å²) in [7, 11) is 0. The number of nitrogens with zero attached hydrogens (tertiary/aromatic N) is 1. The van der Waals surface area contributed by atoms with E-state index in [0.29, 0.717) is 0 Å². The lowest BCUT2D eigenvalue weighted by Crippen LogP contribution is -1.96. The van der Waals surface area contributed by atoms with Crippen molar-refractivity contribution >= 4 is 28.1 Å². The van der Waals surface area contributed by atoms with Gasteiger partial charge in [0.05, 0.1) is 5.69 Å². The zero-order valence-electron chi connectivity index (χ0n) is 9.31. The Bertz CT molecular complexity index is 752. The number of para-hydroxylation sites is 1. The molecule has 0 amide bonds. The Hall–Kier alpha value is -2.09. The smallest absolute Gasteiger partial charge is 0.154 e. The standard InChI is InChI=1S/C15H11NO/c1-3-7-12-10(5-1)9-14-15(16-12)11-6-2-4-8-13(11)17-14/h2-4,6-9H,1,5H2. The largest absolute Gasteiger partial charge is 0.454 e. The van der Waals surface area contributed by atoms with E-state index in [2.05, 4.69) is 24.3 Å². The second-order valence-electron chi connectivity index (χ2n) is 4.42. The van der Waals surface area contributed by atoms with Crippen LogP contribution in [0.4, 0.5) is 0 Å². The van der Waals surface area contributed by atoms with Crippen LogP contribution in [0.5, 0.6) is 0 Å². The summed E-state index contributed by atoms with van der Waals surface area (Å²) >= 11 is 0. The molecule has 0 atom stereocenters. The molecule has 2 heteroatoms. The number of furan rings is 1. The van der Waals surface area contributed by atoms with E-state index in [-0.39, 0.29) is 0 Å². The molecule has 0 fully saturated rings. The molecule has 0 aliphatic heterocycles. The van der Waals surface area contributed by atoms with Gasteiger partial charge in [-0.25, -0.2) is 4.98 Å². The van der Waals surface area contributed by atoms with Crippen molar-refractivity contribution in [1.29, 1.82) is 0 Å². The van der Waals surface area contributed by atoms with Gasteiger partial charge in [-0.15, -0.1) is 0 Å². The Morgan fingerprint density at radius 2 is 2.06 bits per heavy atom. The Labute approximate surface area is 98.6 Å². The van der Waals surface area contributed by atoms with Gasteiger partial charge in [0.15, 0.2) is 5.58 Å². The lowest BCUT2D eigenvalue weighted by Gasteiger charge is -2.08. The highest BCUT2D eigenvalue weighted by Gasteiger charge is 2.12. The summed E-state index contributed by atoms with van der Waals surface area (Å²) in [5.41, 5.74) is 5.18. The fourth-order valence-electron chi connectivity index (χ4n) is 2.47. The van der Waals surface area contributed by atoms with Crippen molar-refractivity contribution < 1.29 is 4.42 Å². The Balaban J connectivity index is 2.16. The lowest BCUT2D eigenvalue weighted by atomic mass is 10.0. The maximum Gasteiger partial charge on any atom is 0.154 e. The average Bonchev–Trinajstić information content (AvgIpc) is 2.73. The normalized spacial score (nSPS) is 14.4. The molecule has 2 nitrogen and oxygen atoms in total. The molecule has 0 radical (unpaired) electrons. The summed E-state index contributed by atoms with van der Waals surface area (Å²) in [5.74, 6) is 0. The molecular weight excluding hydrogens is 210 g/mol. The van der Waals surface area contributed by atoms with Crippen molar-refractivity contribution in [2.75, 3.05) is 0 Å². The van der Waals surface area contributed by atoms with Crippen LogP contribution in [0.25, 0.3) is 28.1 Å². The summed E-state index contributed by atoms with van der Waals surface area (Å²) < 4.78 is 5.83. The van der Waals surface area contributed by atoms with Crippen molar-refractivity contribution in [2.24, 2.45) is 0 Å². The molecule has 0 spiro atoms. The minimum atomic E-state index is 0.903. The molecule has 1 aliphatic rings. The Morgan fingerprint density at radius 1 is 1.12 bits per heavy atom. The van der Waals surface area contributed by atoms with E-state index >= 15 is 0 Å². The van der Waals surface area contributed by atoms with Gasteiger partial charge in [0.25, 0.3) is 0 Å². The van der Waals surface area contributed by atoms with Crippen molar-refractivity contribution in [2.45, 2.75) is 12.8 Å². The molecule has 0 saturated carbocycles. The van der Waals surface area contributed by atoms with Crippen molar-refractivity contribution in [1.82, 2.24) is 4.98 Å². The van der Waals surface area contributed by atoms with E-state index in [1.54, 1.807) is 0 Å². The SMILES string of the molecule is C1=Cc2nc3c(cc2CC1)oc1ccccc13. The second kappa shape index (κ2) is 3.20. The first-order chi connectivity index (χ1) is 8.42. The van der Waals surface area contributed by atoms with Crippen LogP contribution < -0.4 is 0 Å². The minimum absolute atomic E-state index is 0.903. The van der Waals surface area contributed by atoms with E-state index in [9.17, 15) is 0 Å². The molecule has 82 valence electrons. The van der Waals surface area contributed by atoms with Crippen LogP contribution in [0.3, 0.4) is 0 Å². The molecule has 0 bridgehead atoms. The summed E-state index contributed by atoms with van der Waals surface area (Å²) in [5, 5.41) is 1.10. The first-order valence-electron chi connectivity index (χ1n) is 5.89. The van der Waals surface area contributed by atoms with E-state index in [1.165, 1.54) is 5.56 Å². The van der Waals surface area contributed by atoms with E-state index in [0.717, 1.165) is 40.6 Å². The zero-order valence-corrected chi connectivity index (χ0v) is 9.31. The molecule has 2 heterocycles. The van der Waals surface area contributed by atoms with Crippen molar-refractivity contribution in [3.63, 3.8) is 0 Å². The van der Waals surface area contributed by atoms with E-state index in [4.69, 9.17) is 9.40 Å². The monoisotopic (exact) mass is 221 g/mol. The first-order valence-corrected chi connectivity index (χ1v) is 5.89. The molecule has 3 aromatic rings. The van der Waals surface area contributed by atoms with Gasteiger partial charge in [-0.3, -0.25) is 0 Å². The van der Waals surface area contributed by atoms with Gasteiger partial charge in [-0.1, -0.05) is 18.2 Å². The van der Waals surface area contributed by atoms with Crippen LogP contribution in [0.15, 0.2) is 40.8 Å². The molecule has 17 heavy (non-hydrogen) atoms. The van der Waals surface area contributed by atoms with Crippen LogP contribution in [-0.4, -0.2) is 4.98 Å². The average molecular weight is 221 g/mol. The number of aromatic nitrogens is 1. The Kier molecular flexibility index (Phi) is 1.69. The molecule has 1 aliphatic carbocycles. The summed E-state index contributed by atoms with van der Waals surface area (Å²) in [6.45, 7) is 0. The third-order valence-electron chi connectivity index (χ3n) is 3.32. The predicted octanol–water partition coefficient (Wildman–Crippen LogP) is 3.94. The fraction of sp³-hybridized carbons (Fsp3) is 0.133. The second-order valence-corrected chi connectivity index (χ2v) is 4.42. The van der Waals surface area contributed by atoms with Gasteiger partial charge >= 0.3 is 0 Å². The number of pyridine rings is 1. The molecule has 0 saturated heterocycles. The number of benzene rings is 1. The van der Waals surface area contributed by atoms with Crippen LogP contribution in [-0.2, 0) is 6.42 Å². The fourth-order valence-corrected chi connectivity index (χ4v) is 2.47. The van der Waals surface area contributed by atoms with Gasteiger partial charge in [-0.05, 0) is 42.7 Å². The minimum Gasteiger partial charge on any atom is -0.454 e.